The first-order valence-corrected chi connectivity index (χ1v) is 2.95. The summed E-state index contributed by atoms with van der Waals surface area (Å²) in [6.07, 6.45) is 4.20. The fourth-order valence-electron chi connectivity index (χ4n) is 0.794. The number of hydrogen-bond acceptors (Lipinski definition) is 2. The Morgan fingerprint density at radius 3 is 2.33 bits per heavy atom. The number of hydrogen-bond donors (Lipinski definition) is 0. The van der Waals surface area contributed by atoms with Crippen LogP contribution in [0.1, 0.15) is 6.92 Å². The summed E-state index contributed by atoms with van der Waals surface area (Å²) < 4.78 is 0. The van der Waals surface area contributed by atoms with Crippen LogP contribution in [-0.2, 0) is 0 Å². The van der Waals surface area contributed by atoms with Crippen molar-refractivity contribution in [2.24, 2.45) is 0 Å². The monoisotopic (exact) mass is 123 g/mol. The van der Waals surface area contributed by atoms with Gasteiger partial charge in [-0.05, 0) is 6.92 Å². The molecule has 0 spiro atoms. The van der Waals surface area contributed by atoms with Crippen molar-refractivity contribution in [3.63, 3.8) is 0 Å². The molecule has 1 aliphatic rings. The van der Waals surface area contributed by atoms with E-state index in [-0.39, 0.29) is 8.41 Å². The summed E-state index contributed by atoms with van der Waals surface area (Å²) in [5, 5.41) is 0. The molecule has 0 unspecified atom stereocenters. The van der Waals surface area contributed by atoms with Crippen molar-refractivity contribution in [1.29, 1.82) is 0 Å². The second-order valence-corrected chi connectivity index (χ2v) is 2.10. The molecular weight excluding hydrogens is 111 g/mol. The van der Waals surface area contributed by atoms with Gasteiger partial charge in [-0.15, -0.1) is 0 Å². The minimum atomic E-state index is 0. The minimum Gasteiger partial charge on any atom is -0.362 e. The van der Waals surface area contributed by atoms with Crippen LogP contribution < -0.4 is 0 Å². The van der Waals surface area contributed by atoms with Gasteiger partial charge >= 0.3 is 0 Å². The van der Waals surface area contributed by atoms with E-state index in [4.69, 9.17) is 0 Å². The predicted molar refractivity (Wildman–Crippen MR) is 39.9 cm³/mol. The molecule has 1 heterocycles. The third-order valence-corrected chi connectivity index (χ3v) is 1.34. The van der Waals surface area contributed by atoms with Crippen molar-refractivity contribution in [3.8, 4) is 0 Å². The van der Waals surface area contributed by atoms with Crippen molar-refractivity contribution >= 4 is 8.41 Å². The van der Waals surface area contributed by atoms with Gasteiger partial charge in [0, 0.05) is 34.4 Å². The lowest BCUT2D eigenvalue weighted by molar-refractivity contribution is 0.308. The van der Waals surface area contributed by atoms with Crippen molar-refractivity contribution in [2.75, 3.05) is 20.3 Å². The largest absolute Gasteiger partial charge is 0.362 e. The fraction of sp³-hybridized carbons (Fsp3) is 0.667. The highest BCUT2D eigenvalue weighted by Gasteiger charge is 2.03. The van der Waals surface area contributed by atoms with E-state index in [1.807, 2.05) is 0 Å². The molecule has 0 N–H and O–H groups in total. The maximum atomic E-state index is 2.25. The van der Waals surface area contributed by atoms with Gasteiger partial charge < -0.3 is 9.80 Å². The van der Waals surface area contributed by atoms with Gasteiger partial charge in [0.05, 0.1) is 6.67 Å². The molecule has 3 heteroatoms. The molecule has 0 aromatic carbocycles. The van der Waals surface area contributed by atoms with E-state index >= 15 is 0 Å². The molecule has 1 aliphatic heterocycles. The van der Waals surface area contributed by atoms with Gasteiger partial charge in [0.1, 0.15) is 0 Å². The Morgan fingerprint density at radius 1 is 1.44 bits per heavy atom. The van der Waals surface area contributed by atoms with E-state index in [0.29, 0.717) is 0 Å². The van der Waals surface area contributed by atoms with Crippen molar-refractivity contribution < 1.29 is 0 Å². The third-order valence-electron chi connectivity index (χ3n) is 1.34. The van der Waals surface area contributed by atoms with Crippen molar-refractivity contribution in [2.45, 2.75) is 6.92 Å². The molecule has 0 saturated carbocycles. The number of rotatable bonds is 1. The van der Waals surface area contributed by atoms with Gasteiger partial charge in [0.25, 0.3) is 0 Å². The average molecular weight is 123 g/mol. The normalized spacial score (nSPS) is 16.2. The Balaban J connectivity index is 0.000000640. The van der Waals surface area contributed by atoms with Crippen LogP contribution in [0.4, 0.5) is 0 Å². The van der Waals surface area contributed by atoms with Crippen LogP contribution >= 0.6 is 0 Å². The van der Waals surface area contributed by atoms with Crippen LogP contribution in [0, 0.1) is 0 Å². The van der Waals surface area contributed by atoms with Gasteiger partial charge in [-0.1, -0.05) is 0 Å². The Morgan fingerprint density at radius 2 is 2.11 bits per heavy atom. The third kappa shape index (κ3) is 2.00. The summed E-state index contributed by atoms with van der Waals surface area (Å²) in [6, 6.07) is 0. The molecule has 0 saturated heterocycles. The van der Waals surface area contributed by atoms with Gasteiger partial charge in [-0.2, -0.15) is 0 Å². The summed E-state index contributed by atoms with van der Waals surface area (Å²) in [6.45, 7) is 4.32. The summed E-state index contributed by atoms with van der Waals surface area (Å²) in [7, 11) is 2.08. The van der Waals surface area contributed by atoms with Crippen LogP contribution in [0.15, 0.2) is 12.4 Å². The van der Waals surface area contributed by atoms with E-state index in [9.17, 15) is 0 Å². The first-order chi connectivity index (χ1) is 3.83. The zero-order valence-corrected chi connectivity index (χ0v) is 6.04. The van der Waals surface area contributed by atoms with Crippen LogP contribution in [0.2, 0.25) is 0 Å². The van der Waals surface area contributed by atoms with E-state index in [1.165, 1.54) is 0 Å². The van der Waals surface area contributed by atoms with Crippen molar-refractivity contribution in [3.05, 3.63) is 12.4 Å². The van der Waals surface area contributed by atoms with Gasteiger partial charge in [-0.25, -0.2) is 0 Å². The van der Waals surface area contributed by atoms with E-state index in [1.54, 1.807) is 0 Å². The topological polar surface area (TPSA) is 6.48 Å². The van der Waals surface area contributed by atoms with E-state index < -0.39 is 0 Å². The summed E-state index contributed by atoms with van der Waals surface area (Å²) >= 11 is 0. The van der Waals surface area contributed by atoms with E-state index in [0.717, 1.165) is 13.2 Å². The molecule has 0 aromatic heterocycles. The highest BCUT2D eigenvalue weighted by atomic mass is 15.3. The molecule has 0 aliphatic carbocycles. The van der Waals surface area contributed by atoms with Gasteiger partial charge in [-0.3, -0.25) is 0 Å². The Bertz CT molecular complexity index is 103. The van der Waals surface area contributed by atoms with Crippen LogP contribution in [-0.4, -0.2) is 38.5 Å². The quantitative estimate of drug-likeness (QED) is 0.462. The zero-order chi connectivity index (χ0) is 5.98. The maximum absolute atomic E-state index is 2.25. The number of nitrogens with zero attached hydrogens (tertiary/aromatic N) is 2. The van der Waals surface area contributed by atoms with Crippen molar-refractivity contribution in [1.82, 2.24) is 9.80 Å². The molecule has 3 radical (unpaired) electrons. The minimum absolute atomic E-state index is 0. The summed E-state index contributed by atoms with van der Waals surface area (Å²) in [5.74, 6) is 0. The molecule has 9 heavy (non-hydrogen) atoms. The highest BCUT2D eigenvalue weighted by molar-refractivity contribution is 5.75. The summed E-state index contributed by atoms with van der Waals surface area (Å²) in [5.41, 5.74) is 0. The first kappa shape index (κ1) is 8.40. The van der Waals surface area contributed by atoms with Crippen LogP contribution in [0.3, 0.4) is 0 Å². The summed E-state index contributed by atoms with van der Waals surface area (Å²) in [4.78, 5) is 4.41. The molecule has 0 fully saturated rings. The van der Waals surface area contributed by atoms with Gasteiger partial charge in [0.2, 0.25) is 0 Å². The van der Waals surface area contributed by atoms with E-state index in [2.05, 4.69) is 36.2 Å². The molecule has 2 nitrogen and oxygen atoms in total. The Hall–Kier alpha value is -0.595. The standard InChI is InChI=1S/C6H12N2.B/c1-3-8-5-4-7(2)6-8;/h4-5H,3,6H2,1-2H3;. The molecule has 0 atom stereocenters. The second-order valence-electron chi connectivity index (χ2n) is 2.10. The molecule has 1 rings (SSSR count). The van der Waals surface area contributed by atoms with Gasteiger partial charge in [0.15, 0.2) is 0 Å². The zero-order valence-electron chi connectivity index (χ0n) is 6.04. The molecule has 0 aromatic rings. The molecule has 0 amide bonds. The molecule has 0 bridgehead atoms. The SMILES string of the molecule is CCN1C=CN(C)C1.[B]. The lowest BCUT2D eigenvalue weighted by atomic mass is 10.6. The smallest absolute Gasteiger partial charge is 0.0890 e. The average Bonchev–Trinajstić information content (AvgIpc) is 2.14. The fourth-order valence-corrected chi connectivity index (χ4v) is 0.794. The predicted octanol–water partition coefficient (Wildman–Crippen LogP) is 0.302. The highest BCUT2D eigenvalue weighted by Crippen LogP contribution is 2.00. The lowest BCUT2D eigenvalue weighted by Gasteiger charge is -2.14. The lowest BCUT2D eigenvalue weighted by Crippen LogP contribution is -2.21. The Labute approximate surface area is 58.7 Å². The first-order valence-electron chi connectivity index (χ1n) is 2.95. The molecular formula is C6H12BN2. The second kappa shape index (κ2) is 3.43. The Kier molecular flexibility index (Phi) is 3.21. The van der Waals surface area contributed by atoms with Crippen LogP contribution in [0.25, 0.3) is 0 Å². The van der Waals surface area contributed by atoms with Crippen LogP contribution in [0.5, 0.6) is 0 Å². The molecule has 49 valence electrons. The maximum Gasteiger partial charge on any atom is 0.0890 e.